The zero-order valence-corrected chi connectivity index (χ0v) is 17.1. The number of hydrogen-bond donors (Lipinski definition) is 0. The summed E-state index contributed by atoms with van der Waals surface area (Å²) in [5.41, 5.74) is 0.927. The van der Waals surface area contributed by atoms with Gasteiger partial charge in [0.05, 0.1) is 6.61 Å². The number of benzene rings is 2. The van der Waals surface area contributed by atoms with Crippen molar-refractivity contribution in [2.75, 3.05) is 6.61 Å². The van der Waals surface area contributed by atoms with E-state index in [0.29, 0.717) is 6.61 Å². The van der Waals surface area contributed by atoms with Gasteiger partial charge < -0.3 is 9.16 Å². The van der Waals surface area contributed by atoms with Gasteiger partial charge in [-0.1, -0.05) is 51.1 Å². The van der Waals surface area contributed by atoms with E-state index >= 15 is 0 Å². The molecule has 0 unspecified atom stereocenters. The molecule has 0 atom stereocenters. The van der Waals surface area contributed by atoms with Crippen LogP contribution < -0.4 is 4.43 Å². The van der Waals surface area contributed by atoms with Gasteiger partial charge in [-0.05, 0) is 48.0 Å². The molecule has 2 rings (SSSR count). The van der Waals surface area contributed by atoms with Gasteiger partial charge in [0.1, 0.15) is 5.75 Å². The lowest BCUT2D eigenvalue weighted by atomic mass is 10.0. The van der Waals surface area contributed by atoms with E-state index in [2.05, 4.69) is 52.1 Å². The van der Waals surface area contributed by atoms with Crippen molar-refractivity contribution in [1.82, 2.24) is 0 Å². The van der Waals surface area contributed by atoms with Crippen LogP contribution in [-0.2, 0) is 9.53 Å². The Bertz CT molecular complexity index is 785. The van der Waals surface area contributed by atoms with Crippen molar-refractivity contribution >= 4 is 31.1 Å². The Morgan fingerprint density at radius 3 is 2.44 bits per heavy atom. The van der Waals surface area contributed by atoms with E-state index < -0.39 is 8.32 Å². The minimum atomic E-state index is -1.99. The highest BCUT2D eigenvalue weighted by Gasteiger charge is 2.39. The first-order valence-corrected chi connectivity index (χ1v) is 11.6. The van der Waals surface area contributed by atoms with E-state index in [1.165, 1.54) is 6.08 Å². The van der Waals surface area contributed by atoms with Crippen LogP contribution in [0.1, 0.15) is 33.3 Å². The van der Waals surface area contributed by atoms with Crippen LogP contribution in [0.5, 0.6) is 5.75 Å². The van der Waals surface area contributed by atoms with Gasteiger partial charge >= 0.3 is 5.97 Å². The molecule has 0 bridgehead atoms. The Balaban J connectivity index is 2.53. The highest BCUT2D eigenvalue weighted by atomic mass is 28.4. The second-order valence-electron chi connectivity index (χ2n) is 7.65. The number of ether oxygens (including phenoxy) is 1. The van der Waals surface area contributed by atoms with E-state index in [1.807, 2.05) is 24.3 Å². The van der Waals surface area contributed by atoms with Crippen LogP contribution in [0.3, 0.4) is 0 Å². The van der Waals surface area contributed by atoms with E-state index in [4.69, 9.17) is 9.16 Å². The highest BCUT2D eigenvalue weighted by molar-refractivity contribution is 6.74. The van der Waals surface area contributed by atoms with E-state index in [9.17, 15) is 4.79 Å². The summed E-state index contributed by atoms with van der Waals surface area (Å²) in [6.45, 7) is 13.3. The van der Waals surface area contributed by atoms with Gasteiger partial charge in [0.15, 0.2) is 0 Å². The number of rotatable bonds is 5. The molecule has 0 aromatic heterocycles. The van der Waals surface area contributed by atoms with Gasteiger partial charge in [-0.2, -0.15) is 0 Å². The van der Waals surface area contributed by atoms with Crippen LogP contribution in [0.15, 0.2) is 42.5 Å². The van der Waals surface area contributed by atoms with Crippen molar-refractivity contribution in [3.8, 4) is 5.75 Å². The fraction of sp³-hybridized carbons (Fsp3) is 0.381. The minimum absolute atomic E-state index is 0.0980. The molecule has 0 N–H and O–H groups in total. The third kappa shape index (κ3) is 4.51. The van der Waals surface area contributed by atoms with Crippen molar-refractivity contribution in [2.24, 2.45) is 0 Å². The smallest absolute Gasteiger partial charge is 0.330 e. The van der Waals surface area contributed by atoms with Gasteiger partial charge in [0.2, 0.25) is 0 Å². The molecular formula is C21H28O3Si. The third-order valence-corrected chi connectivity index (χ3v) is 9.12. The summed E-state index contributed by atoms with van der Waals surface area (Å²) in [5, 5.41) is 2.29. The molecule has 0 radical (unpaired) electrons. The quantitative estimate of drug-likeness (QED) is 0.386. The fourth-order valence-corrected chi connectivity index (χ4v) is 3.34. The second-order valence-corrected chi connectivity index (χ2v) is 12.4. The first kappa shape index (κ1) is 19.3. The summed E-state index contributed by atoms with van der Waals surface area (Å²) in [6, 6.07) is 12.2. The minimum Gasteiger partial charge on any atom is -0.543 e. The average Bonchev–Trinajstić information content (AvgIpc) is 2.52. The van der Waals surface area contributed by atoms with Crippen molar-refractivity contribution in [1.29, 1.82) is 0 Å². The Morgan fingerprint density at radius 1 is 1.12 bits per heavy atom. The predicted octanol–water partition coefficient (Wildman–Crippen LogP) is 5.80. The third-order valence-electron chi connectivity index (χ3n) is 4.77. The predicted molar refractivity (Wildman–Crippen MR) is 107 cm³/mol. The summed E-state index contributed by atoms with van der Waals surface area (Å²) in [6.07, 6.45) is 3.28. The zero-order valence-electron chi connectivity index (χ0n) is 16.1. The van der Waals surface area contributed by atoms with Crippen molar-refractivity contribution in [2.45, 2.75) is 45.8 Å². The second kappa shape index (κ2) is 7.44. The van der Waals surface area contributed by atoms with Crippen molar-refractivity contribution < 1.29 is 14.0 Å². The summed E-state index contributed by atoms with van der Waals surface area (Å²) in [4.78, 5) is 11.8. The van der Waals surface area contributed by atoms with Gasteiger partial charge in [-0.25, -0.2) is 4.79 Å². The maximum absolute atomic E-state index is 11.8. The molecule has 134 valence electrons. The topological polar surface area (TPSA) is 35.5 Å². The lowest BCUT2D eigenvalue weighted by Crippen LogP contribution is -2.44. The number of carbonyl (C=O) groups is 1. The summed E-state index contributed by atoms with van der Waals surface area (Å²) >= 11 is 0. The van der Waals surface area contributed by atoms with Crippen molar-refractivity contribution in [3.05, 3.63) is 48.0 Å². The number of hydrogen-bond acceptors (Lipinski definition) is 3. The molecule has 0 aliphatic heterocycles. The lowest BCUT2D eigenvalue weighted by molar-refractivity contribution is -0.137. The zero-order chi connectivity index (χ0) is 18.7. The number of esters is 1. The molecule has 0 amide bonds. The van der Waals surface area contributed by atoms with Gasteiger partial charge in [-0.15, -0.1) is 0 Å². The molecule has 0 fully saturated rings. The Hall–Kier alpha value is -2.07. The maximum atomic E-state index is 11.8. The number of carbonyl (C=O) groups excluding carboxylic acids is 1. The maximum Gasteiger partial charge on any atom is 0.330 e. The molecule has 3 nitrogen and oxygen atoms in total. The van der Waals surface area contributed by atoms with Crippen LogP contribution in [0, 0.1) is 0 Å². The molecule has 0 heterocycles. The molecule has 2 aromatic carbocycles. The fourth-order valence-electron chi connectivity index (χ4n) is 2.31. The molecule has 0 spiro atoms. The Labute approximate surface area is 151 Å². The SMILES string of the molecule is CCOC(=O)C=Cc1c(O[Si](C)(C)C(C)(C)C)ccc2ccccc12. The lowest BCUT2D eigenvalue weighted by Gasteiger charge is -2.37. The van der Waals surface area contributed by atoms with Crippen LogP contribution in [0.25, 0.3) is 16.8 Å². The molecule has 0 saturated heterocycles. The van der Waals surface area contributed by atoms with Crippen LogP contribution in [0.2, 0.25) is 18.1 Å². The van der Waals surface area contributed by atoms with Gasteiger partial charge in [-0.3, -0.25) is 0 Å². The Kier molecular flexibility index (Phi) is 5.73. The van der Waals surface area contributed by atoms with Crippen LogP contribution in [0.4, 0.5) is 0 Å². The first-order chi connectivity index (χ1) is 11.7. The summed E-state index contributed by atoms with van der Waals surface area (Å²) in [7, 11) is -1.99. The van der Waals surface area contributed by atoms with Crippen molar-refractivity contribution in [3.63, 3.8) is 0 Å². The van der Waals surface area contributed by atoms with E-state index in [1.54, 1.807) is 6.92 Å². The van der Waals surface area contributed by atoms with Crippen LogP contribution >= 0.6 is 0 Å². The van der Waals surface area contributed by atoms with Crippen LogP contribution in [-0.4, -0.2) is 20.9 Å². The van der Waals surface area contributed by atoms with E-state index in [-0.39, 0.29) is 11.0 Å². The van der Waals surface area contributed by atoms with Gasteiger partial charge in [0.25, 0.3) is 8.32 Å². The molecular weight excluding hydrogens is 328 g/mol. The molecule has 4 heteroatoms. The largest absolute Gasteiger partial charge is 0.543 e. The average molecular weight is 357 g/mol. The Morgan fingerprint density at radius 2 is 1.80 bits per heavy atom. The molecule has 0 aliphatic carbocycles. The summed E-state index contributed by atoms with van der Waals surface area (Å²) < 4.78 is 11.5. The molecule has 0 aliphatic rings. The molecule has 0 saturated carbocycles. The monoisotopic (exact) mass is 356 g/mol. The number of fused-ring (bicyclic) bond motifs is 1. The normalized spacial score (nSPS) is 12.6. The standard InChI is InChI=1S/C21H28O3Si/c1-7-23-20(22)15-13-18-17-11-9-8-10-16(17)12-14-19(18)24-25(5,6)21(2,3)4/h8-15H,7H2,1-6H3. The highest BCUT2D eigenvalue weighted by Crippen LogP contribution is 2.39. The summed E-state index contributed by atoms with van der Waals surface area (Å²) in [5.74, 6) is 0.486. The van der Waals surface area contributed by atoms with Gasteiger partial charge in [0, 0.05) is 11.6 Å². The molecule has 2 aromatic rings. The first-order valence-electron chi connectivity index (χ1n) is 8.71. The molecule has 25 heavy (non-hydrogen) atoms. The van der Waals surface area contributed by atoms with E-state index in [0.717, 1.165) is 22.1 Å².